The Labute approximate surface area is 187 Å². The third kappa shape index (κ3) is 4.44. The van der Waals surface area contributed by atoms with Crippen LogP contribution in [-0.4, -0.2) is 27.0 Å². The largest absolute Gasteiger partial charge is 0.384 e. The van der Waals surface area contributed by atoms with Crippen LogP contribution in [-0.2, 0) is 17.8 Å². The molecule has 1 aliphatic heterocycles. The second-order valence-corrected chi connectivity index (χ2v) is 8.68. The highest BCUT2D eigenvalue weighted by Gasteiger charge is 2.30. The number of nitrogens with zero attached hydrogens (tertiary/aromatic N) is 3. The second-order valence-electron chi connectivity index (χ2n) is 8.68. The predicted molar refractivity (Wildman–Crippen MR) is 125 cm³/mol. The zero-order valence-electron chi connectivity index (χ0n) is 18.9. The standard InChI is InChI=1S/C24H30N6O2/c1-14-4-5-15(2)18(10-14)12-26-22-24(32)30-19(13-27-22)7-8-20(30)23(31)28-11-17-6-9-21(25)29-16(17)3/h6,9-10,13,20H,4-5,7-8,11-12H2,1-3H3,(H2,25,29)(H,26,27)(H,28,31). The van der Waals surface area contributed by atoms with E-state index >= 15 is 0 Å². The molecule has 0 aromatic carbocycles. The van der Waals surface area contributed by atoms with Crippen LogP contribution in [0.5, 0.6) is 0 Å². The maximum atomic E-state index is 13.2. The van der Waals surface area contributed by atoms with E-state index in [1.165, 1.54) is 16.7 Å². The van der Waals surface area contributed by atoms with Crippen LogP contribution < -0.4 is 21.9 Å². The van der Waals surface area contributed by atoms with Gasteiger partial charge >= 0.3 is 0 Å². The van der Waals surface area contributed by atoms with Gasteiger partial charge in [0, 0.05) is 30.7 Å². The molecular weight excluding hydrogens is 404 g/mol. The highest BCUT2D eigenvalue weighted by atomic mass is 16.2. The quantitative estimate of drug-likeness (QED) is 0.644. The maximum Gasteiger partial charge on any atom is 0.294 e. The number of aryl methyl sites for hydroxylation is 2. The second kappa shape index (κ2) is 8.98. The number of allylic oxidation sites excluding steroid dienone is 2. The molecule has 32 heavy (non-hydrogen) atoms. The topological polar surface area (TPSA) is 115 Å². The molecule has 1 unspecified atom stereocenters. The fourth-order valence-corrected chi connectivity index (χ4v) is 4.33. The van der Waals surface area contributed by atoms with Gasteiger partial charge in [0.2, 0.25) is 5.91 Å². The zero-order chi connectivity index (χ0) is 22.8. The van der Waals surface area contributed by atoms with Gasteiger partial charge < -0.3 is 16.4 Å². The first-order valence-electron chi connectivity index (χ1n) is 11.0. The number of nitrogens with two attached hydrogens (primary N) is 1. The summed E-state index contributed by atoms with van der Waals surface area (Å²) in [7, 11) is 0. The average Bonchev–Trinajstić information content (AvgIpc) is 3.20. The van der Waals surface area contributed by atoms with Crippen molar-refractivity contribution >= 4 is 17.5 Å². The molecule has 0 fully saturated rings. The predicted octanol–water partition coefficient (Wildman–Crippen LogP) is 2.80. The lowest BCUT2D eigenvalue weighted by Crippen LogP contribution is -2.36. The molecule has 0 bridgehead atoms. The minimum absolute atomic E-state index is 0.177. The van der Waals surface area contributed by atoms with Gasteiger partial charge in [-0.2, -0.15) is 0 Å². The molecule has 1 atom stereocenters. The highest BCUT2D eigenvalue weighted by molar-refractivity contribution is 5.81. The number of hydrogen-bond acceptors (Lipinski definition) is 6. The molecule has 2 aromatic heterocycles. The highest BCUT2D eigenvalue weighted by Crippen LogP contribution is 2.25. The van der Waals surface area contributed by atoms with E-state index in [-0.39, 0.29) is 17.3 Å². The molecule has 1 aliphatic carbocycles. The van der Waals surface area contributed by atoms with E-state index in [9.17, 15) is 9.59 Å². The number of aromatic nitrogens is 3. The Balaban J connectivity index is 1.48. The summed E-state index contributed by atoms with van der Waals surface area (Å²) in [6, 6.07) is 3.03. The molecule has 0 saturated heterocycles. The van der Waals surface area contributed by atoms with Crippen molar-refractivity contribution in [1.29, 1.82) is 0 Å². The van der Waals surface area contributed by atoms with Gasteiger partial charge in [-0.1, -0.05) is 23.3 Å². The van der Waals surface area contributed by atoms with Crippen LogP contribution >= 0.6 is 0 Å². The minimum atomic E-state index is -0.541. The normalized spacial score (nSPS) is 17.7. The molecule has 0 saturated carbocycles. The van der Waals surface area contributed by atoms with E-state index in [0.717, 1.165) is 29.8 Å². The number of nitrogen functional groups attached to an aromatic ring is 1. The molecule has 4 N–H and O–H groups in total. The molecule has 168 valence electrons. The van der Waals surface area contributed by atoms with Crippen molar-refractivity contribution in [3.8, 4) is 0 Å². The molecule has 8 heteroatoms. The smallest absolute Gasteiger partial charge is 0.294 e. The lowest BCUT2D eigenvalue weighted by molar-refractivity contribution is -0.124. The van der Waals surface area contributed by atoms with E-state index < -0.39 is 6.04 Å². The SMILES string of the molecule is CC1=CC(CNc2ncc3n(c2=O)C(C(=O)NCc2ccc(N)nc2C)CC3)=C(C)CC1. The molecule has 0 radical (unpaired) electrons. The number of anilines is 2. The van der Waals surface area contributed by atoms with Crippen molar-refractivity contribution in [3.63, 3.8) is 0 Å². The van der Waals surface area contributed by atoms with Crippen LogP contribution in [0, 0.1) is 6.92 Å². The van der Waals surface area contributed by atoms with Gasteiger partial charge in [-0.15, -0.1) is 0 Å². The number of pyridine rings is 1. The van der Waals surface area contributed by atoms with Crippen LogP contribution in [0.1, 0.15) is 56.1 Å². The summed E-state index contributed by atoms with van der Waals surface area (Å²) in [4.78, 5) is 34.7. The summed E-state index contributed by atoms with van der Waals surface area (Å²) in [5, 5.41) is 6.14. The molecule has 1 amide bonds. The van der Waals surface area contributed by atoms with Gasteiger partial charge in [-0.05, 0) is 63.7 Å². The maximum absolute atomic E-state index is 13.2. The molecule has 4 rings (SSSR count). The van der Waals surface area contributed by atoms with Crippen molar-refractivity contribution in [2.24, 2.45) is 0 Å². The van der Waals surface area contributed by atoms with Crippen molar-refractivity contribution in [1.82, 2.24) is 19.9 Å². The van der Waals surface area contributed by atoms with Gasteiger partial charge in [0.05, 0.1) is 0 Å². The van der Waals surface area contributed by atoms with E-state index in [2.05, 4.69) is 40.5 Å². The molecule has 0 spiro atoms. The Kier molecular flexibility index (Phi) is 6.12. The van der Waals surface area contributed by atoms with Crippen molar-refractivity contribution in [2.75, 3.05) is 17.6 Å². The monoisotopic (exact) mass is 434 g/mol. The Morgan fingerprint density at radius 1 is 1.19 bits per heavy atom. The number of carbonyl (C=O) groups excluding carboxylic acids is 1. The van der Waals surface area contributed by atoms with Crippen molar-refractivity contribution in [2.45, 2.75) is 59.0 Å². The number of fused-ring (bicyclic) bond motifs is 1. The van der Waals surface area contributed by atoms with E-state index in [1.807, 2.05) is 13.0 Å². The fourth-order valence-electron chi connectivity index (χ4n) is 4.33. The summed E-state index contributed by atoms with van der Waals surface area (Å²) in [6.07, 6.45) is 7.24. The number of amides is 1. The summed E-state index contributed by atoms with van der Waals surface area (Å²) in [5.41, 5.74) is 11.8. The Morgan fingerprint density at radius 2 is 2.00 bits per heavy atom. The van der Waals surface area contributed by atoms with Gasteiger partial charge in [0.15, 0.2) is 5.82 Å². The van der Waals surface area contributed by atoms with E-state index in [0.29, 0.717) is 31.7 Å². The fraction of sp³-hybridized carbons (Fsp3) is 0.417. The molecule has 2 aromatic rings. The molecule has 8 nitrogen and oxygen atoms in total. The zero-order valence-corrected chi connectivity index (χ0v) is 18.9. The first-order valence-corrected chi connectivity index (χ1v) is 11.0. The van der Waals surface area contributed by atoms with Crippen LogP contribution in [0.25, 0.3) is 0 Å². The Bertz CT molecular complexity index is 1180. The third-order valence-corrected chi connectivity index (χ3v) is 6.34. The Hall–Kier alpha value is -3.42. The third-order valence-electron chi connectivity index (χ3n) is 6.34. The first-order chi connectivity index (χ1) is 15.3. The number of hydrogen-bond donors (Lipinski definition) is 3. The van der Waals surface area contributed by atoms with Gasteiger partial charge in [-0.3, -0.25) is 14.2 Å². The summed E-state index contributed by atoms with van der Waals surface area (Å²) < 4.78 is 1.59. The summed E-state index contributed by atoms with van der Waals surface area (Å²) in [5.74, 6) is 0.554. The summed E-state index contributed by atoms with van der Waals surface area (Å²) >= 11 is 0. The molecule has 2 aliphatic rings. The van der Waals surface area contributed by atoms with Gasteiger partial charge in [0.1, 0.15) is 11.9 Å². The number of nitrogens with one attached hydrogen (secondary N) is 2. The summed E-state index contributed by atoms with van der Waals surface area (Å²) in [6.45, 7) is 7.00. The Morgan fingerprint density at radius 3 is 2.78 bits per heavy atom. The first kappa shape index (κ1) is 21.8. The van der Waals surface area contributed by atoms with Gasteiger partial charge in [0.25, 0.3) is 5.56 Å². The van der Waals surface area contributed by atoms with Crippen molar-refractivity contribution < 1.29 is 4.79 Å². The minimum Gasteiger partial charge on any atom is -0.384 e. The van der Waals surface area contributed by atoms with Crippen LogP contribution in [0.2, 0.25) is 0 Å². The lowest BCUT2D eigenvalue weighted by atomic mass is 9.94. The number of carbonyl (C=O) groups is 1. The van der Waals surface area contributed by atoms with Crippen molar-refractivity contribution in [3.05, 3.63) is 68.4 Å². The van der Waals surface area contributed by atoms with Gasteiger partial charge in [-0.25, -0.2) is 9.97 Å². The average molecular weight is 435 g/mol. The molecule has 3 heterocycles. The van der Waals surface area contributed by atoms with Crippen LogP contribution in [0.15, 0.2) is 45.9 Å². The lowest BCUT2D eigenvalue weighted by Gasteiger charge is -2.18. The van der Waals surface area contributed by atoms with Crippen LogP contribution in [0.4, 0.5) is 11.6 Å². The number of rotatable bonds is 6. The molecular formula is C24H30N6O2. The van der Waals surface area contributed by atoms with Crippen LogP contribution in [0.3, 0.4) is 0 Å². The van der Waals surface area contributed by atoms with E-state index in [4.69, 9.17) is 5.73 Å². The van der Waals surface area contributed by atoms with E-state index in [1.54, 1.807) is 16.8 Å².